The summed E-state index contributed by atoms with van der Waals surface area (Å²) in [6.45, 7) is 8.21. The third-order valence-corrected chi connectivity index (χ3v) is 8.79. The maximum Gasteiger partial charge on any atom is 0.349 e. The zero-order valence-corrected chi connectivity index (χ0v) is 19.7. The van der Waals surface area contributed by atoms with E-state index in [-0.39, 0.29) is 29.1 Å². The summed E-state index contributed by atoms with van der Waals surface area (Å²) < 4.78 is 6.00. The number of thioether (sulfide) groups is 1. The van der Waals surface area contributed by atoms with Crippen molar-refractivity contribution in [1.29, 1.82) is 0 Å². The van der Waals surface area contributed by atoms with Gasteiger partial charge in [0.15, 0.2) is 0 Å². The second-order valence-electron chi connectivity index (χ2n) is 8.05. The molecule has 0 aromatic carbocycles. The fourth-order valence-electron chi connectivity index (χ4n) is 3.50. The fraction of sp³-hybridized carbons (Fsp3) is 0.500. The van der Waals surface area contributed by atoms with Crippen molar-refractivity contribution in [1.82, 2.24) is 0 Å². The van der Waals surface area contributed by atoms with Crippen molar-refractivity contribution in [3.05, 3.63) is 48.9 Å². The first kappa shape index (κ1) is 22.4. The highest BCUT2D eigenvalue weighted by atomic mass is 32.2. The highest BCUT2D eigenvalue weighted by molar-refractivity contribution is 8.04. The fourth-order valence-corrected chi connectivity index (χ4v) is 6.52. The molecule has 2 N–H and O–H groups in total. The first-order chi connectivity index (χ1) is 13.8. The summed E-state index contributed by atoms with van der Waals surface area (Å²) in [7, 11) is 0. The van der Waals surface area contributed by atoms with E-state index in [4.69, 9.17) is 4.74 Å². The molecule has 0 aliphatic carbocycles. The molecule has 3 heterocycles. The molecule has 0 saturated heterocycles. The molecule has 0 amide bonds. The van der Waals surface area contributed by atoms with Crippen LogP contribution in [0.4, 0.5) is 0 Å². The number of carbonyl (C=O) groups is 1. The van der Waals surface area contributed by atoms with Gasteiger partial charge in [0.25, 0.3) is 0 Å². The van der Waals surface area contributed by atoms with E-state index < -0.39 is 11.6 Å². The van der Waals surface area contributed by atoms with Crippen molar-refractivity contribution in [3.8, 4) is 0 Å². The lowest BCUT2D eigenvalue weighted by molar-refractivity contribution is -0.164. The largest absolute Gasteiger partial charge is 0.511 e. The normalized spacial score (nSPS) is 20.0. The molecule has 0 saturated carbocycles. The second kappa shape index (κ2) is 9.25. The van der Waals surface area contributed by atoms with Crippen molar-refractivity contribution >= 4 is 40.4 Å². The minimum atomic E-state index is -0.695. The first-order valence-corrected chi connectivity index (χ1v) is 12.4. The minimum absolute atomic E-state index is 0.0283. The van der Waals surface area contributed by atoms with Gasteiger partial charge in [-0.3, -0.25) is 0 Å². The van der Waals surface area contributed by atoms with E-state index in [1.807, 2.05) is 25.3 Å². The zero-order valence-electron chi connectivity index (χ0n) is 17.2. The number of esters is 1. The van der Waals surface area contributed by atoms with Gasteiger partial charge in [0.1, 0.15) is 16.3 Å². The summed E-state index contributed by atoms with van der Waals surface area (Å²) >= 11 is 4.46. The number of hydrogen-bond acceptors (Lipinski definition) is 7. The Morgan fingerprint density at radius 3 is 2.62 bits per heavy atom. The van der Waals surface area contributed by atoms with Crippen LogP contribution in [0.25, 0.3) is 0 Å². The summed E-state index contributed by atoms with van der Waals surface area (Å²) in [5.41, 5.74) is 0.532. The number of aliphatic hydroxyl groups is 2. The number of aryl methyl sites for hydroxylation is 1. The van der Waals surface area contributed by atoms with Crippen LogP contribution in [0.5, 0.6) is 0 Å². The van der Waals surface area contributed by atoms with Crippen LogP contribution in [0.1, 0.15) is 61.8 Å². The lowest BCUT2D eigenvalue weighted by Crippen LogP contribution is -2.44. The summed E-state index contributed by atoms with van der Waals surface area (Å²) in [6, 6.07) is 3.99. The molecule has 0 fully saturated rings. The SMILES string of the molecule is CC(C)c1sc(CO)cc1SC1=C(O)CC(CCc2ccsc2)(C(C)C)OC1=O. The van der Waals surface area contributed by atoms with Gasteiger partial charge in [-0.25, -0.2) is 4.79 Å². The Balaban J connectivity index is 1.85. The minimum Gasteiger partial charge on any atom is -0.511 e. The van der Waals surface area contributed by atoms with Crippen molar-refractivity contribution in [2.24, 2.45) is 5.92 Å². The van der Waals surface area contributed by atoms with Crippen LogP contribution in [-0.2, 0) is 22.6 Å². The van der Waals surface area contributed by atoms with E-state index >= 15 is 0 Å². The van der Waals surface area contributed by atoms with E-state index in [0.29, 0.717) is 12.8 Å². The van der Waals surface area contributed by atoms with Gasteiger partial charge in [0, 0.05) is 21.1 Å². The van der Waals surface area contributed by atoms with Crippen LogP contribution < -0.4 is 0 Å². The predicted molar refractivity (Wildman–Crippen MR) is 121 cm³/mol. The zero-order chi connectivity index (χ0) is 21.2. The van der Waals surface area contributed by atoms with Crippen LogP contribution in [0, 0.1) is 5.92 Å². The van der Waals surface area contributed by atoms with E-state index in [0.717, 1.165) is 21.1 Å². The predicted octanol–water partition coefficient (Wildman–Crippen LogP) is 6.26. The topological polar surface area (TPSA) is 66.8 Å². The van der Waals surface area contributed by atoms with E-state index in [1.165, 1.54) is 17.3 Å². The lowest BCUT2D eigenvalue weighted by Gasteiger charge is -2.40. The van der Waals surface area contributed by atoms with Gasteiger partial charge in [0.05, 0.1) is 6.61 Å². The van der Waals surface area contributed by atoms with Crippen LogP contribution in [0.2, 0.25) is 0 Å². The molecule has 4 nitrogen and oxygen atoms in total. The molecule has 7 heteroatoms. The van der Waals surface area contributed by atoms with Crippen LogP contribution >= 0.6 is 34.4 Å². The molecule has 1 aliphatic heterocycles. The van der Waals surface area contributed by atoms with Gasteiger partial charge in [-0.05, 0) is 53.1 Å². The average molecular weight is 453 g/mol. The molecular weight excluding hydrogens is 424 g/mol. The Kier molecular flexibility index (Phi) is 7.14. The quantitative estimate of drug-likeness (QED) is 0.463. The Hall–Kier alpha value is -1.28. The van der Waals surface area contributed by atoms with E-state index in [1.54, 1.807) is 22.7 Å². The van der Waals surface area contributed by atoms with Gasteiger partial charge in [0.2, 0.25) is 0 Å². The number of ether oxygens (including phenoxy) is 1. The van der Waals surface area contributed by atoms with Gasteiger partial charge in [-0.2, -0.15) is 11.3 Å². The van der Waals surface area contributed by atoms with Gasteiger partial charge in [-0.1, -0.05) is 39.5 Å². The number of carbonyl (C=O) groups excluding carboxylic acids is 1. The Morgan fingerprint density at radius 1 is 1.31 bits per heavy atom. The summed E-state index contributed by atoms with van der Waals surface area (Å²) in [5.74, 6) is 0.0126. The number of hydrogen-bond donors (Lipinski definition) is 2. The van der Waals surface area contributed by atoms with Crippen LogP contribution in [0.3, 0.4) is 0 Å². The summed E-state index contributed by atoms with van der Waals surface area (Å²) in [4.78, 5) is 16.1. The van der Waals surface area contributed by atoms with Crippen molar-refractivity contribution in [3.63, 3.8) is 0 Å². The molecule has 2 aromatic rings. The first-order valence-electron chi connectivity index (χ1n) is 9.83. The molecule has 3 rings (SSSR count). The molecule has 158 valence electrons. The summed E-state index contributed by atoms with van der Waals surface area (Å²) in [5, 5.41) is 24.5. The standard InChI is InChI=1S/C22H28O4S3/c1-13(2)19-18(9-16(11-23)28-19)29-20-17(24)10-22(14(3)4,26-21(20)25)7-5-15-6-8-27-12-15/h6,8-9,12-14,23-24H,5,7,10-11H2,1-4H3. The Morgan fingerprint density at radius 2 is 2.07 bits per heavy atom. The molecule has 1 atom stereocenters. The number of cyclic esters (lactones) is 1. The van der Waals surface area contributed by atoms with E-state index in [2.05, 4.69) is 25.3 Å². The maximum atomic E-state index is 12.9. The summed E-state index contributed by atoms with van der Waals surface area (Å²) in [6.07, 6.45) is 1.82. The molecule has 29 heavy (non-hydrogen) atoms. The third kappa shape index (κ3) is 4.90. The smallest absolute Gasteiger partial charge is 0.349 e. The second-order valence-corrected chi connectivity index (χ2v) is 11.0. The molecule has 1 unspecified atom stereocenters. The molecule has 2 aromatic heterocycles. The van der Waals surface area contributed by atoms with Gasteiger partial charge < -0.3 is 14.9 Å². The lowest BCUT2D eigenvalue weighted by atomic mass is 9.80. The van der Waals surface area contributed by atoms with Crippen molar-refractivity contribution < 1.29 is 19.7 Å². The van der Waals surface area contributed by atoms with Gasteiger partial charge >= 0.3 is 5.97 Å². The third-order valence-electron chi connectivity index (χ3n) is 5.35. The highest BCUT2D eigenvalue weighted by Crippen LogP contribution is 2.46. The maximum absolute atomic E-state index is 12.9. The molecule has 1 aliphatic rings. The number of aliphatic hydroxyl groups excluding tert-OH is 2. The van der Waals surface area contributed by atoms with Crippen molar-refractivity contribution in [2.75, 3.05) is 0 Å². The average Bonchev–Trinajstić information content (AvgIpc) is 3.32. The molecular formula is C22H28O4S3. The Labute approximate surface area is 184 Å². The molecule has 0 bridgehead atoms. The molecule has 0 radical (unpaired) electrons. The Bertz CT molecular complexity index is 880. The van der Waals surface area contributed by atoms with Gasteiger partial charge in [-0.15, -0.1) is 11.3 Å². The van der Waals surface area contributed by atoms with Crippen LogP contribution in [0.15, 0.2) is 38.5 Å². The number of rotatable bonds is 8. The molecule has 0 spiro atoms. The van der Waals surface area contributed by atoms with E-state index in [9.17, 15) is 15.0 Å². The number of thiophene rings is 2. The highest BCUT2D eigenvalue weighted by Gasteiger charge is 2.44. The van der Waals surface area contributed by atoms with Crippen molar-refractivity contribution in [2.45, 2.75) is 70.0 Å². The monoisotopic (exact) mass is 452 g/mol. The van der Waals surface area contributed by atoms with Crippen LogP contribution in [-0.4, -0.2) is 21.8 Å².